The number of rotatable bonds is 0. The molecule has 2 rings (SSSR count). The van der Waals surface area contributed by atoms with Crippen molar-refractivity contribution in [2.45, 2.75) is 34.6 Å². The third kappa shape index (κ3) is 1.13. The molecule has 16 heavy (non-hydrogen) atoms. The number of Topliss-reactive ketones (excluding diaryl/α,β-unsaturated/α-hetero) is 2. The SMILES string of the molecule is Cc1cc(C)c2c(c1C)C(=O)C(C)(C)C2=O. The molecule has 0 N–H and O–H groups in total. The Hall–Kier alpha value is -1.44. The summed E-state index contributed by atoms with van der Waals surface area (Å²) in [6.45, 7) is 9.22. The Morgan fingerprint density at radius 1 is 0.875 bits per heavy atom. The van der Waals surface area contributed by atoms with Crippen LogP contribution in [-0.2, 0) is 0 Å². The van der Waals surface area contributed by atoms with Crippen molar-refractivity contribution < 1.29 is 9.59 Å². The molecule has 2 heteroatoms. The molecule has 0 saturated heterocycles. The van der Waals surface area contributed by atoms with Gasteiger partial charge in [-0.2, -0.15) is 0 Å². The Balaban J connectivity index is 2.88. The van der Waals surface area contributed by atoms with Crippen molar-refractivity contribution >= 4 is 11.6 Å². The van der Waals surface area contributed by atoms with Crippen LogP contribution in [0.15, 0.2) is 6.07 Å². The summed E-state index contributed by atoms with van der Waals surface area (Å²) < 4.78 is 0. The van der Waals surface area contributed by atoms with Gasteiger partial charge in [-0.25, -0.2) is 0 Å². The number of benzene rings is 1. The summed E-state index contributed by atoms with van der Waals surface area (Å²) >= 11 is 0. The van der Waals surface area contributed by atoms with Crippen molar-refractivity contribution in [2.75, 3.05) is 0 Å². The van der Waals surface area contributed by atoms with Crippen molar-refractivity contribution in [3.63, 3.8) is 0 Å². The van der Waals surface area contributed by atoms with Crippen LogP contribution < -0.4 is 0 Å². The van der Waals surface area contributed by atoms with Gasteiger partial charge in [0.2, 0.25) is 0 Å². The molecule has 0 unspecified atom stereocenters. The van der Waals surface area contributed by atoms with Crippen molar-refractivity contribution in [3.05, 3.63) is 33.9 Å². The molecule has 0 heterocycles. The maximum Gasteiger partial charge on any atom is 0.177 e. The van der Waals surface area contributed by atoms with Crippen LogP contribution in [0.25, 0.3) is 0 Å². The molecule has 1 aliphatic carbocycles. The Labute approximate surface area is 95.7 Å². The van der Waals surface area contributed by atoms with Crippen LogP contribution in [0, 0.1) is 26.2 Å². The molecule has 0 fully saturated rings. The largest absolute Gasteiger partial charge is 0.293 e. The van der Waals surface area contributed by atoms with Gasteiger partial charge in [0, 0.05) is 11.1 Å². The normalized spacial score (nSPS) is 17.8. The molecule has 1 aromatic rings. The molecule has 0 saturated carbocycles. The van der Waals surface area contributed by atoms with E-state index in [4.69, 9.17) is 0 Å². The van der Waals surface area contributed by atoms with Gasteiger partial charge in [0.25, 0.3) is 0 Å². The van der Waals surface area contributed by atoms with Gasteiger partial charge < -0.3 is 0 Å². The third-order valence-corrected chi connectivity index (χ3v) is 3.63. The number of hydrogen-bond acceptors (Lipinski definition) is 2. The molecule has 1 aliphatic rings. The second-order valence-corrected chi connectivity index (χ2v) is 5.17. The highest BCUT2D eigenvalue weighted by atomic mass is 16.2. The lowest BCUT2D eigenvalue weighted by atomic mass is 9.87. The molecule has 0 atom stereocenters. The van der Waals surface area contributed by atoms with Crippen LogP contribution in [0.1, 0.15) is 51.3 Å². The number of fused-ring (bicyclic) bond motifs is 1. The van der Waals surface area contributed by atoms with Crippen LogP contribution in [0.5, 0.6) is 0 Å². The molecule has 0 bridgehead atoms. The van der Waals surface area contributed by atoms with E-state index in [0.29, 0.717) is 11.1 Å². The highest BCUT2D eigenvalue weighted by Gasteiger charge is 2.47. The van der Waals surface area contributed by atoms with Crippen molar-refractivity contribution in [1.29, 1.82) is 0 Å². The standard InChI is InChI=1S/C14H16O2/c1-7-6-8(2)10-11(9(7)3)13(16)14(4,5)12(10)15/h6H,1-5H3. The first-order valence-corrected chi connectivity index (χ1v) is 5.49. The highest BCUT2D eigenvalue weighted by Crippen LogP contribution is 2.40. The predicted molar refractivity (Wildman–Crippen MR) is 63.1 cm³/mol. The van der Waals surface area contributed by atoms with Crippen LogP contribution in [-0.4, -0.2) is 11.6 Å². The smallest absolute Gasteiger partial charge is 0.177 e. The van der Waals surface area contributed by atoms with Crippen LogP contribution in [0.3, 0.4) is 0 Å². The van der Waals surface area contributed by atoms with Gasteiger partial charge in [0.15, 0.2) is 11.6 Å². The van der Waals surface area contributed by atoms with E-state index in [0.717, 1.165) is 16.7 Å². The molecule has 0 aromatic heterocycles. The van der Waals surface area contributed by atoms with E-state index in [9.17, 15) is 9.59 Å². The molecule has 1 aromatic carbocycles. The Morgan fingerprint density at radius 2 is 1.38 bits per heavy atom. The molecule has 0 amide bonds. The molecular weight excluding hydrogens is 200 g/mol. The summed E-state index contributed by atoms with van der Waals surface area (Å²) in [7, 11) is 0. The quantitative estimate of drug-likeness (QED) is 0.625. The number of hydrogen-bond donors (Lipinski definition) is 0. The maximum absolute atomic E-state index is 12.2. The summed E-state index contributed by atoms with van der Waals surface area (Å²) in [4.78, 5) is 24.4. The summed E-state index contributed by atoms with van der Waals surface area (Å²) in [6.07, 6.45) is 0. The van der Waals surface area contributed by atoms with Crippen molar-refractivity contribution in [2.24, 2.45) is 5.41 Å². The first-order chi connectivity index (χ1) is 7.28. The lowest BCUT2D eigenvalue weighted by Crippen LogP contribution is -2.25. The van der Waals surface area contributed by atoms with Gasteiger partial charge in [-0.05, 0) is 51.3 Å². The molecule has 0 spiro atoms. The fourth-order valence-corrected chi connectivity index (χ4v) is 2.39. The van der Waals surface area contributed by atoms with Gasteiger partial charge in [-0.1, -0.05) is 6.07 Å². The first-order valence-electron chi connectivity index (χ1n) is 5.49. The minimum absolute atomic E-state index is 0.0307. The highest BCUT2D eigenvalue weighted by molar-refractivity contribution is 6.30. The average Bonchev–Trinajstić information content (AvgIpc) is 2.37. The van der Waals surface area contributed by atoms with E-state index < -0.39 is 5.41 Å². The number of ketones is 2. The number of aryl methyl sites for hydroxylation is 2. The maximum atomic E-state index is 12.2. The topological polar surface area (TPSA) is 34.1 Å². The summed E-state index contributed by atoms with van der Waals surface area (Å²) in [5, 5.41) is 0. The minimum Gasteiger partial charge on any atom is -0.293 e. The summed E-state index contributed by atoms with van der Waals surface area (Å²) in [5.74, 6) is -0.0649. The van der Waals surface area contributed by atoms with Crippen LogP contribution >= 0.6 is 0 Å². The van der Waals surface area contributed by atoms with Gasteiger partial charge in [0.1, 0.15) is 0 Å². The minimum atomic E-state index is -0.883. The van der Waals surface area contributed by atoms with E-state index in [1.165, 1.54) is 0 Å². The summed E-state index contributed by atoms with van der Waals surface area (Å²) in [6, 6.07) is 1.99. The van der Waals surface area contributed by atoms with Crippen molar-refractivity contribution in [1.82, 2.24) is 0 Å². The van der Waals surface area contributed by atoms with Gasteiger partial charge >= 0.3 is 0 Å². The summed E-state index contributed by atoms with van der Waals surface area (Å²) in [5.41, 5.74) is 3.35. The van der Waals surface area contributed by atoms with Gasteiger partial charge in [0.05, 0.1) is 5.41 Å². The fourth-order valence-electron chi connectivity index (χ4n) is 2.39. The average molecular weight is 216 g/mol. The Bertz CT molecular complexity index is 522. The lowest BCUT2D eigenvalue weighted by molar-refractivity contribution is 0.0746. The molecule has 0 radical (unpaired) electrons. The second-order valence-electron chi connectivity index (χ2n) is 5.17. The molecule has 0 aliphatic heterocycles. The molecular formula is C14H16O2. The second kappa shape index (κ2) is 3.03. The zero-order valence-electron chi connectivity index (χ0n) is 10.4. The van der Waals surface area contributed by atoms with Gasteiger partial charge in [-0.15, -0.1) is 0 Å². The van der Waals surface area contributed by atoms with Crippen molar-refractivity contribution in [3.8, 4) is 0 Å². The molecule has 2 nitrogen and oxygen atoms in total. The van der Waals surface area contributed by atoms with E-state index in [2.05, 4.69) is 0 Å². The first kappa shape index (κ1) is 11.1. The predicted octanol–water partition coefficient (Wildman–Crippen LogP) is 3.02. The zero-order valence-corrected chi connectivity index (χ0v) is 10.4. The van der Waals surface area contributed by atoms with E-state index in [-0.39, 0.29) is 11.6 Å². The fraction of sp³-hybridized carbons (Fsp3) is 0.429. The zero-order chi connectivity index (χ0) is 12.2. The van der Waals surface area contributed by atoms with Gasteiger partial charge in [-0.3, -0.25) is 9.59 Å². The Kier molecular flexibility index (Phi) is 2.10. The third-order valence-electron chi connectivity index (χ3n) is 3.63. The van der Waals surface area contributed by atoms with E-state index in [1.807, 2.05) is 26.8 Å². The number of carbonyl (C=O) groups is 2. The molecule has 84 valence electrons. The monoisotopic (exact) mass is 216 g/mol. The lowest BCUT2D eigenvalue weighted by Gasteiger charge is -2.11. The van der Waals surface area contributed by atoms with Crippen LogP contribution in [0.4, 0.5) is 0 Å². The van der Waals surface area contributed by atoms with Crippen LogP contribution in [0.2, 0.25) is 0 Å². The Morgan fingerprint density at radius 3 is 1.94 bits per heavy atom. The van der Waals surface area contributed by atoms with E-state index >= 15 is 0 Å². The van der Waals surface area contributed by atoms with E-state index in [1.54, 1.807) is 13.8 Å². The number of carbonyl (C=O) groups excluding carboxylic acids is 2.